The molecule has 0 fully saturated rings. The third-order valence-corrected chi connectivity index (χ3v) is 4.64. The molecule has 19 heavy (non-hydrogen) atoms. The van der Waals surface area contributed by atoms with Crippen molar-refractivity contribution in [2.24, 2.45) is 0 Å². The van der Waals surface area contributed by atoms with E-state index in [9.17, 15) is 5.11 Å². The highest BCUT2D eigenvalue weighted by Gasteiger charge is 2.08. The normalized spacial score (nSPS) is 12.5. The molecule has 0 aliphatic carbocycles. The lowest BCUT2D eigenvalue weighted by Crippen LogP contribution is -1.91. The molecule has 1 heterocycles. The topological polar surface area (TPSA) is 33.1 Å². The van der Waals surface area contributed by atoms with E-state index < -0.39 is 6.10 Å². The summed E-state index contributed by atoms with van der Waals surface area (Å²) in [6.45, 7) is 5.84. The molecule has 2 rings (SSSR count). The Hall–Kier alpha value is -0.840. The van der Waals surface area contributed by atoms with Gasteiger partial charge in [0.05, 0.1) is 6.10 Å². The lowest BCUT2D eigenvalue weighted by Gasteiger charge is -2.09. The number of aryl methyl sites for hydroxylation is 2. The van der Waals surface area contributed by atoms with Crippen molar-refractivity contribution >= 4 is 27.7 Å². The molecular weight excluding hydrogens is 322 g/mol. The molecule has 1 atom stereocenters. The zero-order chi connectivity index (χ0) is 14.0. The molecule has 0 aliphatic heterocycles. The maximum absolute atomic E-state index is 9.56. The van der Waals surface area contributed by atoms with Crippen LogP contribution in [0.1, 0.15) is 29.8 Å². The maximum Gasteiger partial charge on any atom is 0.101 e. The monoisotopic (exact) mass is 337 g/mol. The lowest BCUT2D eigenvalue weighted by molar-refractivity contribution is 0.199. The first-order valence-corrected chi connectivity index (χ1v) is 7.67. The summed E-state index contributed by atoms with van der Waals surface area (Å²) in [4.78, 5) is 5.62. The summed E-state index contributed by atoms with van der Waals surface area (Å²) < 4.78 is 0.983. The van der Waals surface area contributed by atoms with E-state index in [4.69, 9.17) is 0 Å². The van der Waals surface area contributed by atoms with Gasteiger partial charge in [0.25, 0.3) is 0 Å². The van der Waals surface area contributed by atoms with Crippen LogP contribution < -0.4 is 0 Å². The molecule has 0 radical (unpaired) electrons. The summed E-state index contributed by atoms with van der Waals surface area (Å²) in [5.74, 6) is 0. The van der Waals surface area contributed by atoms with E-state index in [1.165, 1.54) is 5.56 Å². The van der Waals surface area contributed by atoms with Gasteiger partial charge in [0.15, 0.2) is 0 Å². The van der Waals surface area contributed by atoms with Gasteiger partial charge in [-0.15, -0.1) is 0 Å². The van der Waals surface area contributed by atoms with Gasteiger partial charge >= 0.3 is 0 Å². The van der Waals surface area contributed by atoms with Gasteiger partial charge in [-0.05, 0) is 72.1 Å². The van der Waals surface area contributed by atoms with Crippen molar-refractivity contribution < 1.29 is 5.11 Å². The Morgan fingerprint density at radius 1 is 1.21 bits per heavy atom. The third kappa shape index (κ3) is 3.81. The fraction of sp³-hybridized carbons (Fsp3) is 0.267. The van der Waals surface area contributed by atoms with Crippen molar-refractivity contribution in [2.75, 3.05) is 0 Å². The van der Waals surface area contributed by atoms with Crippen molar-refractivity contribution in [3.05, 3.63) is 51.6 Å². The van der Waals surface area contributed by atoms with Crippen molar-refractivity contribution in [2.45, 2.75) is 36.8 Å². The zero-order valence-corrected chi connectivity index (χ0v) is 13.5. The van der Waals surface area contributed by atoms with Crippen LogP contribution in [0.4, 0.5) is 0 Å². The average Bonchev–Trinajstić information content (AvgIpc) is 2.30. The summed E-state index contributed by atoms with van der Waals surface area (Å²) in [5.41, 5.74) is 3.15. The van der Waals surface area contributed by atoms with E-state index in [2.05, 4.69) is 40.0 Å². The minimum atomic E-state index is -0.449. The van der Waals surface area contributed by atoms with Crippen LogP contribution in [0.2, 0.25) is 0 Å². The standard InChI is InChI=1S/C15H16BrNOS/c1-9-6-10(2)17-15(7-9)19-14-5-4-12(11(3)18)8-13(14)16/h4-8,11,18H,1-3H3/t11-/m1/s1. The highest BCUT2D eigenvalue weighted by molar-refractivity contribution is 9.10. The highest BCUT2D eigenvalue weighted by atomic mass is 79.9. The Balaban J connectivity index is 2.28. The predicted molar refractivity (Wildman–Crippen MR) is 82.6 cm³/mol. The Labute approximate surface area is 126 Å². The van der Waals surface area contributed by atoms with Crippen LogP contribution in [0, 0.1) is 13.8 Å². The van der Waals surface area contributed by atoms with Crippen LogP contribution in [0.25, 0.3) is 0 Å². The molecule has 100 valence electrons. The molecular formula is C15H16BrNOS. The molecule has 1 aromatic heterocycles. The fourth-order valence-corrected chi connectivity index (χ4v) is 3.42. The zero-order valence-electron chi connectivity index (χ0n) is 11.1. The molecule has 0 amide bonds. The third-order valence-electron chi connectivity index (χ3n) is 2.73. The van der Waals surface area contributed by atoms with Gasteiger partial charge in [0.2, 0.25) is 0 Å². The number of rotatable bonds is 3. The second-order valence-electron chi connectivity index (χ2n) is 4.59. The molecule has 0 unspecified atom stereocenters. The molecule has 0 bridgehead atoms. The van der Waals surface area contributed by atoms with Gasteiger partial charge in [-0.3, -0.25) is 0 Å². The number of halogens is 1. The van der Waals surface area contributed by atoms with E-state index in [0.717, 1.165) is 25.7 Å². The van der Waals surface area contributed by atoms with Crippen molar-refractivity contribution in [1.29, 1.82) is 0 Å². The van der Waals surface area contributed by atoms with E-state index in [1.807, 2.05) is 25.1 Å². The summed E-state index contributed by atoms with van der Waals surface area (Å²) >= 11 is 5.17. The van der Waals surface area contributed by atoms with E-state index in [-0.39, 0.29) is 0 Å². The first-order chi connectivity index (χ1) is 8.95. The molecule has 2 nitrogen and oxygen atoms in total. The van der Waals surface area contributed by atoms with Gasteiger partial charge in [-0.2, -0.15) is 0 Å². The number of benzene rings is 1. The minimum absolute atomic E-state index is 0.449. The molecule has 0 saturated carbocycles. The average molecular weight is 338 g/mol. The SMILES string of the molecule is Cc1cc(C)nc(Sc2ccc([C@@H](C)O)cc2Br)c1. The van der Waals surface area contributed by atoms with Gasteiger partial charge in [0.1, 0.15) is 5.03 Å². The van der Waals surface area contributed by atoms with Crippen molar-refractivity contribution in [3.63, 3.8) is 0 Å². The Morgan fingerprint density at radius 2 is 1.95 bits per heavy atom. The van der Waals surface area contributed by atoms with Gasteiger partial charge in [-0.25, -0.2) is 4.98 Å². The van der Waals surface area contributed by atoms with Crippen molar-refractivity contribution in [3.8, 4) is 0 Å². The Kier molecular flexibility index (Phi) is 4.66. The number of hydrogen-bond donors (Lipinski definition) is 1. The Bertz CT molecular complexity index is 578. The van der Waals surface area contributed by atoms with Crippen LogP contribution in [0.15, 0.2) is 44.7 Å². The number of aliphatic hydroxyl groups excluding tert-OH is 1. The first-order valence-electron chi connectivity index (χ1n) is 6.06. The molecule has 0 saturated heterocycles. The summed E-state index contributed by atoms with van der Waals surface area (Å²) in [6, 6.07) is 10.1. The van der Waals surface area contributed by atoms with E-state index in [0.29, 0.717) is 0 Å². The molecule has 1 aromatic carbocycles. The maximum atomic E-state index is 9.56. The largest absolute Gasteiger partial charge is 0.389 e. The fourth-order valence-electron chi connectivity index (χ4n) is 1.83. The summed E-state index contributed by atoms with van der Waals surface area (Å²) in [5, 5.41) is 10.6. The first kappa shape index (κ1) is 14.6. The molecule has 0 spiro atoms. The number of hydrogen-bond acceptors (Lipinski definition) is 3. The smallest absolute Gasteiger partial charge is 0.101 e. The number of pyridine rings is 1. The second kappa shape index (κ2) is 6.07. The summed E-state index contributed by atoms with van der Waals surface area (Å²) in [7, 11) is 0. The van der Waals surface area contributed by atoms with Crippen LogP contribution in [0.3, 0.4) is 0 Å². The number of nitrogens with zero attached hydrogens (tertiary/aromatic N) is 1. The van der Waals surface area contributed by atoms with Crippen LogP contribution in [-0.4, -0.2) is 10.1 Å². The molecule has 2 aromatic rings. The minimum Gasteiger partial charge on any atom is -0.389 e. The molecule has 4 heteroatoms. The molecule has 0 aliphatic rings. The second-order valence-corrected chi connectivity index (χ2v) is 6.51. The quantitative estimate of drug-likeness (QED) is 0.883. The lowest BCUT2D eigenvalue weighted by atomic mass is 10.1. The number of aliphatic hydroxyl groups is 1. The van der Waals surface area contributed by atoms with Gasteiger partial charge in [0, 0.05) is 15.1 Å². The van der Waals surface area contributed by atoms with Gasteiger partial charge < -0.3 is 5.11 Å². The van der Waals surface area contributed by atoms with Crippen molar-refractivity contribution in [1.82, 2.24) is 4.98 Å². The van der Waals surface area contributed by atoms with Gasteiger partial charge in [-0.1, -0.05) is 17.8 Å². The predicted octanol–water partition coefficient (Wildman–Crippen LogP) is 4.67. The highest BCUT2D eigenvalue weighted by Crippen LogP contribution is 2.34. The van der Waals surface area contributed by atoms with Crippen LogP contribution in [0.5, 0.6) is 0 Å². The number of aromatic nitrogens is 1. The molecule has 1 N–H and O–H groups in total. The Morgan fingerprint density at radius 3 is 2.53 bits per heavy atom. The summed E-state index contributed by atoms with van der Waals surface area (Å²) in [6.07, 6.45) is -0.449. The van der Waals surface area contributed by atoms with E-state index in [1.54, 1.807) is 18.7 Å². The van der Waals surface area contributed by atoms with Crippen LogP contribution >= 0.6 is 27.7 Å². The van der Waals surface area contributed by atoms with E-state index >= 15 is 0 Å². The van der Waals surface area contributed by atoms with Crippen LogP contribution in [-0.2, 0) is 0 Å².